The van der Waals surface area contributed by atoms with E-state index >= 15 is 0 Å². The lowest BCUT2D eigenvalue weighted by Gasteiger charge is -2.16. The monoisotopic (exact) mass is 249 g/mol. The van der Waals surface area contributed by atoms with E-state index in [0.29, 0.717) is 11.8 Å². The molecule has 17 heavy (non-hydrogen) atoms. The average Bonchev–Trinajstić information content (AvgIpc) is 2.95. The summed E-state index contributed by atoms with van der Waals surface area (Å²) in [7, 11) is 0. The van der Waals surface area contributed by atoms with Crippen LogP contribution in [0.2, 0.25) is 0 Å². The van der Waals surface area contributed by atoms with Gasteiger partial charge in [-0.15, -0.1) is 11.3 Å². The Bertz CT molecular complexity index is 445. The van der Waals surface area contributed by atoms with E-state index in [9.17, 15) is 0 Å². The second-order valence-corrected chi connectivity index (χ2v) is 5.61. The van der Waals surface area contributed by atoms with E-state index in [0.717, 1.165) is 24.2 Å². The first kappa shape index (κ1) is 12.3. The highest BCUT2D eigenvalue weighted by Crippen LogP contribution is 2.24. The number of hydrogen-bond acceptors (Lipinski definition) is 3. The molecule has 0 radical (unpaired) electrons. The van der Waals surface area contributed by atoms with E-state index in [1.807, 2.05) is 18.5 Å². The fourth-order valence-electron chi connectivity index (χ4n) is 1.84. The molecular weight excluding hydrogens is 230 g/mol. The maximum Gasteiger partial charge on any atom is 0.0935 e. The zero-order valence-electron chi connectivity index (χ0n) is 10.3. The van der Waals surface area contributed by atoms with Crippen molar-refractivity contribution in [2.45, 2.75) is 20.3 Å². The van der Waals surface area contributed by atoms with Crippen molar-refractivity contribution in [1.82, 2.24) is 9.97 Å². The maximum absolute atomic E-state index is 5.79. The van der Waals surface area contributed by atoms with Crippen LogP contribution in [-0.2, 0) is 6.42 Å². The number of rotatable bonds is 5. The zero-order valence-corrected chi connectivity index (χ0v) is 11.1. The molecule has 3 nitrogen and oxygen atoms in total. The summed E-state index contributed by atoms with van der Waals surface area (Å²) in [6, 6.07) is 2.04. The van der Waals surface area contributed by atoms with E-state index in [4.69, 9.17) is 5.73 Å². The van der Waals surface area contributed by atoms with Gasteiger partial charge in [-0.1, -0.05) is 13.8 Å². The van der Waals surface area contributed by atoms with Crippen molar-refractivity contribution >= 4 is 11.3 Å². The van der Waals surface area contributed by atoms with Gasteiger partial charge in [0.05, 0.1) is 10.7 Å². The van der Waals surface area contributed by atoms with Crippen LogP contribution in [-0.4, -0.2) is 16.5 Å². The Kier molecular flexibility index (Phi) is 3.97. The molecule has 0 spiro atoms. The molecule has 3 N–H and O–H groups in total. The Morgan fingerprint density at radius 2 is 2.29 bits per heavy atom. The molecule has 0 fully saturated rings. The molecule has 2 rings (SSSR count). The summed E-state index contributed by atoms with van der Waals surface area (Å²) >= 11 is 1.73. The van der Waals surface area contributed by atoms with Crippen LogP contribution in [0.15, 0.2) is 23.8 Å². The van der Waals surface area contributed by atoms with Crippen molar-refractivity contribution in [1.29, 1.82) is 0 Å². The van der Waals surface area contributed by atoms with Crippen LogP contribution in [0, 0.1) is 11.8 Å². The van der Waals surface area contributed by atoms with Gasteiger partial charge in [0.2, 0.25) is 0 Å². The summed E-state index contributed by atoms with van der Waals surface area (Å²) in [6.07, 6.45) is 4.89. The molecule has 0 aliphatic heterocycles. The molecule has 92 valence electrons. The maximum atomic E-state index is 5.79. The van der Waals surface area contributed by atoms with E-state index in [2.05, 4.69) is 29.2 Å². The van der Waals surface area contributed by atoms with E-state index in [-0.39, 0.29) is 0 Å². The Balaban J connectivity index is 2.08. The van der Waals surface area contributed by atoms with Crippen molar-refractivity contribution in [2.24, 2.45) is 17.6 Å². The van der Waals surface area contributed by atoms with Gasteiger partial charge in [-0.2, -0.15) is 0 Å². The van der Waals surface area contributed by atoms with Crippen molar-refractivity contribution in [3.05, 3.63) is 28.8 Å². The topological polar surface area (TPSA) is 54.7 Å². The number of H-pyrrole nitrogens is 1. The van der Waals surface area contributed by atoms with Gasteiger partial charge in [-0.3, -0.25) is 0 Å². The highest BCUT2D eigenvalue weighted by Gasteiger charge is 2.14. The predicted octanol–water partition coefficient (Wildman–Crippen LogP) is 2.91. The summed E-state index contributed by atoms with van der Waals surface area (Å²) in [4.78, 5) is 7.72. The fraction of sp³-hybridized carbons (Fsp3) is 0.462. The molecule has 0 saturated heterocycles. The number of nitrogens with one attached hydrogen (secondary N) is 1. The lowest BCUT2D eigenvalue weighted by Crippen LogP contribution is -2.22. The summed E-state index contributed by atoms with van der Waals surface area (Å²) in [5.41, 5.74) is 8.01. The van der Waals surface area contributed by atoms with E-state index in [1.54, 1.807) is 11.3 Å². The molecule has 2 aromatic heterocycles. The Labute approximate surface area is 106 Å². The number of thiazole rings is 1. The molecule has 0 saturated carbocycles. The molecule has 2 heterocycles. The second-order valence-electron chi connectivity index (χ2n) is 4.67. The molecule has 0 aromatic carbocycles. The minimum Gasteiger partial charge on any atom is -0.367 e. The van der Waals surface area contributed by atoms with Crippen LogP contribution in [0.5, 0.6) is 0 Å². The highest BCUT2D eigenvalue weighted by atomic mass is 32.1. The quantitative estimate of drug-likeness (QED) is 0.856. The molecule has 1 atom stereocenters. The largest absolute Gasteiger partial charge is 0.367 e. The van der Waals surface area contributed by atoms with Crippen LogP contribution >= 0.6 is 11.3 Å². The third-order valence-corrected chi connectivity index (χ3v) is 4.00. The second kappa shape index (κ2) is 5.47. The van der Waals surface area contributed by atoms with Crippen LogP contribution in [0.3, 0.4) is 0 Å². The molecule has 0 aliphatic carbocycles. The van der Waals surface area contributed by atoms with Gasteiger partial charge < -0.3 is 10.7 Å². The van der Waals surface area contributed by atoms with Crippen molar-refractivity contribution < 1.29 is 0 Å². The molecule has 4 heteroatoms. The van der Waals surface area contributed by atoms with Gasteiger partial charge in [0, 0.05) is 29.8 Å². The molecule has 0 bridgehead atoms. The first-order valence-electron chi connectivity index (χ1n) is 5.98. The smallest absolute Gasteiger partial charge is 0.0935 e. The van der Waals surface area contributed by atoms with Gasteiger partial charge >= 0.3 is 0 Å². The van der Waals surface area contributed by atoms with E-state index in [1.165, 1.54) is 5.01 Å². The third-order valence-electron chi connectivity index (χ3n) is 3.13. The number of aromatic amines is 1. The average molecular weight is 249 g/mol. The van der Waals surface area contributed by atoms with Gasteiger partial charge in [-0.05, 0) is 24.4 Å². The molecule has 0 amide bonds. The van der Waals surface area contributed by atoms with Gasteiger partial charge in [-0.25, -0.2) is 4.98 Å². The minimum atomic E-state index is 0.528. The van der Waals surface area contributed by atoms with Crippen LogP contribution in [0.1, 0.15) is 18.9 Å². The molecule has 2 aromatic rings. The van der Waals surface area contributed by atoms with Crippen molar-refractivity contribution in [3.63, 3.8) is 0 Å². The standard InChI is InChI=1S/C13H19N3S/c1-9(2)11(6-14)5-13-16-12(8-17-13)10-3-4-15-7-10/h3-4,7-9,11,15H,5-6,14H2,1-2H3. The summed E-state index contributed by atoms with van der Waals surface area (Å²) in [6.45, 7) is 5.17. The lowest BCUT2D eigenvalue weighted by atomic mass is 9.93. The Morgan fingerprint density at radius 3 is 2.88 bits per heavy atom. The number of hydrogen-bond donors (Lipinski definition) is 2. The molecular formula is C13H19N3S. The van der Waals surface area contributed by atoms with Crippen LogP contribution in [0.4, 0.5) is 0 Å². The van der Waals surface area contributed by atoms with Crippen LogP contribution in [0.25, 0.3) is 11.3 Å². The number of nitrogens with two attached hydrogens (primary N) is 1. The van der Waals surface area contributed by atoms with Gasteiger partial charge in [0.15, 0.2) is 0 Å². The first-order chi connectivity index (χ1) is 8.20. The number of nitrogens with zero attached hydrogens (tertiary/aromatic N) is 1. The summed E-state index contributed by atoms with van der Waals surface area (Å²) in [5, 5.41) is 3.30. The Hall–Kier alpha value is -1.13. The van der Waals surface area contributed by atoms with E-state index < -0.39 is 0 Å². The summed E-state index contributed by atoms with van der Waals surface area (Å²) in [5.74, 6) is 1.14. The normalized spacial score (nSPS) is 13.2. The van der Waals surface area contributed by atoms with Crippen molar-refractivity contribution in [2.75, 3.05) is 6.54 Å². The summed E-state index contributed by atoms with van der Waals surface area (Å²) < 4.78 is 0. The van der Waals surface area contributed by atoms with Gasteiger partial charge in [0.25, 0.3) is 0 Å². The highest BCUT2D eigenvalue weighted by molar-refractivity contribution is 7.09. The minimum absolute atomic E-state index is 0.528. The SMILES string of the molecule is CC(C)C(CN)Cc1nc(-c2cc[nH]c2)cs1. The van der Waals surface area contributed by atoms with Crippen molar-refractivity contribution in [3.8, 4) is 11.3 Å². The Morgan fingerprint density at radius 1 is 1.47 bits per heavy atom. The lowest BCUT2D eigenvalue weighted by molar-refractivity contribution is 0.391. The third kappa shape index (κ3) is 2.96. The first-order valence-corrected chi connectivity index (χ1v) is 6.86. The number of aromatic nitrogens is 2. The molecule has 1 unspecified atom stereocenters. The fourth-order valence-corrected chi connectivity index (χ4v) is 2.73. The predicted molar refractivity (Wildman–Crippen MR) is 73.0 cm³/mol. The zero-order chi connectivity index (χ0) is 12.3. The molecule has 0 aliphatic rings. The van der Waals surface area contributed by atoms with Crippen LogP contribution < -0.4 is 5.73 Å². The van der Waals surface area contributed by atoms with Gasteiger partial charge in [0.1, 0.15) is 0 Å².